The number of fused-ring (bicyclic) bond motifs is 2. The van der Waals surface area contributed by atoms with E-state index in [-0.39, 0.29) is 30.3 Å². The molecule has 0 bridgehead atoms. The topological polar surface area (TPSA) is 126 Å². The molecule has 2 N–H and O–H groups in total. The average molecular weight is 462 g/mol. The second-order valence-corrected chi connectivity index (χ2v) is 7.98. The number of ether oxygens (including phenoxy) is 2. The van der Waals surface area contributed by atoms with Crippen molar-refractivity contribution in [3.05, 3.63) is 59.2 Å². The van der Waals surface area contributed by atoms with Crippen molar-refractivity contribution in [3.8, 4) is 17.0 Å². The zero-order valence-electron chi connectivity index (χ0n) is 17.9. The predicted octanol–water partition coefficient (Wildman–Crippen LogP) is 4.54. The molecule has 0 aliphatic heterocycles. The number of rotatable bonds is 6. The van der Waals surface area contributed by atoms with Crippen LogP contribution in [-0.4, -0.2) is 32.5 Å². The lowest BCUT2D eigenvalue weighted by molar-refractivity contribution is 0.0526. The van der Waals surface area contributed by atoms with Crippen LogP contribution in [0.15, 0.2) is 46.5 Å². The van der Waals surface area contributed by atoms with Crippen molar-refractivity contribution in [2.75, 3.05) is 12.3 Å². The summed E-state index contributed by atoms with van der Waals surface area (Å²) in [6.07, 6.45) is 1.46. The van der Waals surface area contributed by atoms with E-state index in [2.05, 4.69) is 19.9 Å². The van der Waals surface area contributed by atoms with Crippen LogP contribution in [0.25, 0.3) is 32.4 Å². The van der Waals surface area contributed by atoms with Gasteiger partial charge in [-0.15, -0.1) is 11.3 Å². The number of nitrogens with zero attached hydrogens (tertiary/aromatic N) is 4. The summed E-state index contributed by atoms with van der Waals surface area (Å²) < 4.78 is 16.8. The van der Waals surface area contributed by atoms with Crippen LogP contribution in [0.4, 0.5) is 5.82 Å². The van der Waals surface area contributed by atoms with Gasteiger partial charge in [-0.2, -0.15) is 4.98 Å². The highest BCUT2D eigenvalue weighted by molar-refractivity contribution is 7.17. The zero-order chi connectivity index (χ0) is 22.9. The van der Waals surface area contributed by atoms with Crippen molar-refractivity contribution in [1.29, 1.82) is 0 Å². The highest BCUT2D eigenvalue weighted by atomic mass is 32.1. The van der Waals surface area contributed by atoms with Crippen LogP contribution in [0.2, 0.25) is 0 Å². The van der Waals surface area contributed by atoms with Gasteiger partial charge in [0, 0.05) is 10.9 Å². The van der Waals surface area contributed by atoms with Crippen molar-refractivity contribution in [3.63, 3.8) is 0 Å². The second-order valence-electron chi connectivity index (χ2n) is 7.12. The van der Waals surface area contributed by atoms with E-state index >= 15 is 0 Å². The molecule has 5 aromatic rings. The van der Waals surface area contributed by atoms with Crippen LogP contribution in [-0.2, 0) is 11.3 Å². The highest BCUT2D eigenvalue weighted by Gasteiger charge is 2.24. The number of aryl methyl sites for hydroxylation is 1. The van der Waals surface area contributed by atoms with Crippen molar-refractivity contribution in [1.82, 2.24) is 19.9 Å². The van der Waals surface area contributed by atoms with E-state index in [1.54, 1.807) is 13.8 Å². The molecular weight excluding hydrogens is 442 g/mol. The van der Waals surface area contributed by atoms with Crippen molar-refractivity contribution in [2.45, 2.75) is 20.5 Å². The van der Waals surface area contributed by atoms with Gasteiger partial charge in [0.15, 0.2) is 5.82 Å². The molecule has 0 saturated carbocycles. The Kier molecular flexibility index (Phi) is 5.35. The lowest BCUT2D eigenvalue weighted by Crippen LogP contribution is -2.09. The van der Waals surface area contributed by atoms with Gasteiger partial charge in [0.05, 0.1) is 17.4 Å². The van der Waals surface area contributed by atoms with E-state index in [0.717, 1.165) is 21.3 Å². The molecule has 0 aliphatic carbocycles. The van der Waals surface area contributed by atoms with Gasteiger partial charge in [0.1, 0.15) is 34.9 Å². The van der Waals surface area contributed by atoms with E-state index < -0.39 is 5.97 Å². The smallest absolute Gasteiger partial charge is 0.342 e. The lowest BCUT2D eigenvalue weighted by Gasteiger charge is -2.08. The normalized spacial score (nSPS) is 11.2. The minimum absolute atomic E-state index is 0.00478. The number of hydrogen-bond donors (Lipinski definition) is 1. The number of carbonyl (C=O) groups is 1. The van der Waals surface area contributed by atoms with Crippen molar-refractivity contribution >= 4 is 44.4 Å². The first kappa shape index (κ1) is 20.8. The van der Waals surface area contributed by atoms with Gasteiger partial charge >= 0.3 is 5.97 Å². The number of nitrogens with two attached hydrogens (primary N) is 1. The van der Waals surface area contributed by atoms with E-state index in [4.69, 9.17) is 19.6 Å². The van der Waals surface area contributed by atoms with Crippen molar-refractivity contribution < 1.29 is 18.7 Å². The van der Waals surface area contributed by atoms with Gasteiger partial charge in [-0.25, -0.2) is 19.7 Å². The third-order valence-electron chi connectivity index (χ3n) is 5.04. The molecule has 0 fully saturated rings. The number of nitrogen functional groups attached to an aromatic ring is 1. The van der Waals surface area contributed by atoms with Crippen LogP contribution < -0.4 is 10.5 Å². The van der Waals surface area contributed by atoms with Gasteiger partial charge in [-0.05, 0) is 19.4 Å². The first-order valence-corrected chi connectivity index (χ1v) is 11.1. The summed E-state index contributed by atoms with van der Waals surface area (Å²) in [6.45, 7) is 3.62. The standard InChI is InChI=1S/C23H19N5O4S/c1-3-30-23(29)16-12(2)32-21-18(16)19(24)27-15(28-21)9-31-20-17-14(13-7-5-4-6-8-13)10-33-22(17)26-11-25-20/h4-8,10-11H,3,9H2,1-2H3,(H2,24,27,28). The Hall–Kier alpha value is -4.05. The van der Waals surface area contributed by atoms with Crippen LogP contribution in [0.5, 0.6) is 5.88 Å². The van der Waals surface area contributed by atoms with Gasteiger partial charge in [0.25, 0.3) is 0 Å². The fraction of sp³-hybridized carbons (Fsp3) is 0.174. The third kappa shape index (κ3) is 3.74. The maximum absolute atomic E-state index is 12.3. The number of hydrogen-bond acceptors (Lipinski definition) is 10. The van der Waals surface area contributed by atoms with E-state index in [1.807, 2.05) is 35.7 Å². The van der Waals surface area contributed by atoms with E-state index in [9.17, 15) is 4.79 Å². The number of esters is 1. The lowest BCUT2D eigenvalue weighted by atomic mass is 10.1. The summed E-state index contributed by atoms with van der Waals surface area (Å²) in [5, 5.41) is 3.19. The molecule has 1 aromatic carbocycles. The fourth-order valence-electron chi connectivity index (χ4n) is 3.62. The molecule has 0 atom stereocenters. The van der Waals surface area contributed by atoms with E-state index in [1.165, 1.54) is 17.7 Å². The highest BCUT2D eigenvalue weighted by Crippen LogP contribution is 2.37. The maximum Gasteiger partial charge on any atom is 0.342 e. The Bertz CT molecular complexity index is 1480. The molecule has 4 heterocycles. The third-order valence-corrected chi connectivity index (χ3v) is 5.93. The van der Waals surface area contributed by atoms with Crippen LogP contribution in [0, 0.1) is 6.92 Å². The largest absolute Gasteiger partial charge is 0.469 e. The molecule has 166 valence electrons. The van der Waals surface area contributed by atoms with Gasteiger partial charge in [-0.1, -0.05) is 30.3 Å². The molecule has 9 nitrogen and oxygen atoms in total. The minimum Gasteiger partial charge on any atom is -0.469 e. The molecule has 0 saturated heterocycles. The molecule has 0 radical (unpaired) electrons. The van der Waals surface area contributed by atoms with Gasteiger partial charge in [0.2, 0.25) is 11.6 Å². The monoisotopic (exact) mass is 461 g/mol. The number of furan rings is 1. The number of thiophene rings is 1. The van der Waals surface area contributed by atoms with Crippen LogP contribution in [0.1, 0.15) is 28.9 Å². The first-order valence-electron chi connectivity index (χ1n) is 10.2. The molecule has 10 heteroatoms. The number of carbonyl (C=O) groups excluding carboxylic acids is 1. The maximum atomic E-state index is 12.3. The molecule has 0 spiro atoms. The van der Waals surface area contributed by atoms with Gasteiger partial charge in [-0.3, -0.25) is 0 Å². The molecular formula is C23H19N5O4S. The summed E-state index contributed by atoms with van der Waals surface area (Å²) >= 11 is 1.52. The fourth-order valence-corrected chi connectivity index (χ4v) is 4.52. The summed E-state index contributed by atoms with van der Waals surface area (Å²) in [6, 6.07) is 9.97. The second kappa shape index (κ2) is 8.47. The molecule has 0 amide bonds. The van der Waals surface area contributed by atoms with Gasteiger partial charge < -0.3 is 19.6 Å². The number of benzene rings is 1. The summed E-state index contributed by atoms with van der Waals surface area (Å²) in [5.41, 5.74) is 8.62. The molecule has 5 rings (SSSR count). The summed E-state index contributed by atoms with van der Waals surface area (Å²) in [4.78, 5) is 30.5. The van der Waals surface area contributed by atoms with E-state index in [0.29, 0.717) is 22.9 Å². The zero-order valence-corrected chi connectivity index (χ0v) is 18.7. The Balaban J connectivity index is 1.48. The molecule has 33 heavy (non-hydrogen) atoms. The first-order chi connectivity index (χ1) is 16.1. The Morgan fingerprint density at radius 2 is 1.97 bits per heavy atom. The Morgan fingerprint density at radius 3 is 2.76 bits per heavy atom. The SMILES string of the molecule is CCOC(=O)c1c(C)oc2nc(COc3ncnc4scc(-c5ccccc5)c34)nc(N)c12. The average Bonchev–Trinajstić information content (AvgIpc) is 3.39. The molecule has 0 unspecified atom stereocenters. The summed E-state index contributed by atoms with van der Waals surface area (Å²) in [7, 11) is 0. The Morgan fingerprint density at radius 1 is 1.15 bits per heavy atom. The predicted molar refractivity (Wildman–Crippen MR) is 124 cm³/mol. The number of aromatic nitrogens is 4. The summed E-state index contributed by atoms with van der Waals surface area (Å²) in [5.74, 6) is 0.678. The quantitative estimate of drug-likeness (QED) is 0.363. The molecule has 4 aromatic heterocycles. The molecule has 0 aliphatic rings. The Labute approximate surface area is 192 Å². The van der Waals surface area contributed by atoms with Crippen molar-refractivity contribution in [2.24, 2.45) is 0 Å². The van der Waals surface area contributed by atoms with Crippen LogP contribution >= 0.6 is 11.3 Å². The van der Waals surface area contributed by atoms with Crippen LogP contribution in [0.3, 0.4) is 0 Å². The minimum atomic E-state index is -0.526. The number of anilines is 1.